The summed E-state index contributed by atoms with van der Waals surface area (Å²) in [5, 5.41) is 10.7. The molecule has 4 rings (SSSR count). The first-order valence-electron chi connectivity index (χ1n) is 8.44. The van der Waals surface area contributed by atoms with Crippen LogP contribution in [-0.4, -0.2) is 27.5 Å². The summed E-state index contributed by atoms with van der Waals surface area (Å²) in [5.41, 5.74) is 2.00. The molecule has 0 bridgehead atoms. The van der Waals surface area contributed by atoms with Gasteiger partial charge in [-0.05, 0) is 36.8 Å². The average molecular weight is 370 g/mol. The van der Waals surface area contributed by atoms with E-state index in [4.69, 9.17) is 4.74 Å². The molecule has 0 spiro atoms. The number of halogens is 2. The minimum absolute atomic E-state index is 0.114. The predicted molar refractivity (Wildman–Crippen MR) is 92.8 cm³/mol. The molecule has 8 heteroatoms. The molecule has 1 amide bonds. The lowest BCUT2D eigenvalue weighted by Crippen LogP contribution is -2.32. The fourth-order valence-electron chi connectivity index (χ4n) is 3.13. The van der Waals surface area contributed by atoms with Gasteiger partial charge in [0.2, 0.25) is 0 Å². The van der Waals surface area contributed by atoms with E-state index in [0.29, 0.717) is 29.8 Å². The number of hydrogen-bond donors (Lipinski definition) is 1. The van der Waals surface area contributed by atoms with Crippen LogP contribution in [0.3, 0.4) is 0 Å². The van der Waals surface area contributed by atoms with E-state index in [1.165, 1.54) is 29.1 Å². The van der Waals surface area contributed by atoms with Crippen molar-refractivity contribution in [2.45, 2.75) is 19.4 Å². The summed E-state index contributed by atoms with van der Waals surface area (Å²) < 4.78 is 33.9. The molecular weight excluding hydrogens is 354 g/mol. The molecule has 1 N–H and O–H groups in total. The van der Waals surface area contributed by atoms with Crippen molar-refractivity contribution in [3.8, 4) is 11.4 Å². The molecule has 0 unspecified atom stereocenters. The maximum absolute atomic E-state index is 13.9. The van der Waals surface area contributed by atoms with Crippen molar-refractivity contribution >= 4 is 5.91 Å². The predicted octanol–water partition coefficient (Wildman–Crippen LogP) is 3.11. The molecule has 1 aliphatic heterocycles. The van der Waals surface area contributed by atoms with Gasteiger partial charge in [0.05, 0.1) is 24.5 Å². The van der Waals surface area contributed by atoms with Crippen LogP contribution in [-0.2, 0) is 0 Å². The fourth-order valence-corrected chi connectivity index (χ4v) is 3.13. The number of aryl methyl sites for hydroxylation is 1. The number of carbonyl (C=O) groups is 1. The second kappa shape index (κ2) is 6.79. The van der Waals surface area contributed by atoms with Gasteiger partial charge in [0.25, 0.3) is 5.91 Å². The monoisotopic (exact) mass is 370 g/mol. The van der Waals surface area contributed by atoms with Crippen LogP contribution in [0.1, 0.15) is 34.1 Å². The number of fused-ring (bicyclic) bond motifs is 1. The van der Waals surface area contributed by atoms with Crippen molar-refractivity contribution in [1.82, 2.24) is 20.3 Å². The van der Waals surface area contributed by atoms with Gasteiger partial charge in [-0.3, -0.25) is 4.79 Å². The second-order valence-electron chi connectivity index (χ2n) is 6.30. The summed E-state index contributed by atoms with van der Waals surface area (Å²) in [6.45, 7) is 2.05. The third-order valence-electron chi connectivity index (χ3n) is 4.46. The Morgan fingerprint density at radius 1 is 1.30 bits per heavy atom. The number of para-hydroxylation sites is 1. The summed E-state index contributed by atoms with van der Waals surface area (Å²) in [6.07, 6.45) is 1.99. The number of hydrogen-bond acceptors (Lipinski definition) is 4. The largest absolute Gasteiger partial charge is 0.490 e. The van der Waals surface area contributed by atoms with E-state index >= 15 is 0 Å². The summed E-state index contributed by atoms with van der Waals surface area (Å²) in [5.74, 6) is -1.06. The highest BCUT2D eigenvalue weighted by Gasteiger charge is 2.26. The molecule has 1 atom stereocenters. The minimum atomic E-state index is -0.454. The highest BCUT2D eigenvalue weighted by molar-refractivity contribution is 5.92. The van der Waals surface area contributed by atoms with Crippen LogP contribution in [0.25, 0.3) is 5.69 Å². The quantitative estimate of drug-likeness (QED) is 0.769. The van der Waals surface area contributed by atoms with E-state index in [1.54, 1.807) is 25.1 Å². The Balaban J connectivity index is 1.55. The standard InChI is InChI=1S/C19H16F2N4O2/c1-11-9-12(20)5-6-17(11)25-10-16(23-24-25)19(26)22-15-7-8-27-18-13(15)3-2-4-14(18)21/h2-6,9-10,15H,7-8H2,1H3,(H,22,26)/t15-/m0/s1. The van der Waals surface area contributed by atoms with E-state index in [1.807, 2.05) is 0 Å². The van der Waals surface area contributed by atoms with Crippen molar-refractivity contribution < 1.29 is 18.3 Å². The number of ether oxygens (including phenoxy) is 1. The summed E-state index contributed by atoms with van der Waals surface area (Å²) >= 11 is 0. The van der Waals surface area contributed by atoms with Gasteiger partial charge in [-0.15, -0.1) is 5.10 Å². The van der Waals surface area contributed by atoms with Crippen LogP contribution >= 0.6 is 0 Å². The molecule has 1 aromatic heterocycles. The third kappa shape index (κ3) is 3.25. The molecule has 0 fully saturated rings. The Morgan fingerprint density at radius 3 is 2.96 bits per heavy atom. The first kappa shape index (κ1) is 17.1. The SMILES string of the molecule is Cc1cc(F)ccc1-n1cc(C(=O)N[C@H]2CCOc3c(F)cccc32)nn1. The van der Waals surface area contributed by atoms with Crippen LogP contribution in [0.5, 0.6) is 5.75 Å². The van der Waals surface area contributed by atoms with Gasteiger partial charge in [-0.25, -0.2) is 13.5 Å². The minimum Gasteiger partial charge on any atom is -0.490 e. The van der Waals surface area contributed by atoms with Crippen LogP contribution in [0.2, 0.25) is 0 Å². The van der Waals surface area contributed by atoms with Gasteiger partial charge in [-0.1, -0.05) is 17.3 Å². The molecule has 27 heavy (non-hydrogen) atoms. The summed E-state index contributed by atoms with van der Waals surface area (Å²) in [4.78, 5) is 12.6. The Morgan fingerprint density at radius 2 is 2.15 bits per heavy atom. The first-order valence-corrected chi connectivity index (χ1v) is 8.44. The highest BCUT2D eigenvalue weighted by atomic mass is 19.1. The average Bonchev–Trinajstić information content (AvgIpc) is 3.12. The summed E-state index contributed by atoms with van der Waals surface area (Å²) in [6, 6.07) is 8.51. The Labute approximate surface area is 153 Å². The van der Waals surface area contributed by atoms with Gasteiger partial charge in [0.15, 0.2) is 17.3 Å². The Hall–Kier alpha value is -3.29. The topological polar surface area (TPSA) is 69.0 Å². The normalized spacial score (nSPS) is 15.7. The van der Waals surface area contributed by atoms with Gasteiger partial charge in [0, 0.05) is 12.0 Å². The summed E-state index contributed by atoms with van der Waals surface area (Å²) in [7, 11) is 0. The van der Waals surface area contributed by atoms with Gasteiger partial charge >= 0.3 is 0 Å². The zero-order chi connectivity index (χ0) is 19.0. The lowest BCUT2D eigenvalue weighted by molar-refractivity contribution is 0.0918. The van der Waals surface area contributed by atoms with Gasteiger partial charge in [-0.2, -0.15) is 0 Å². The molecular formula is C19H16F2N4O2. The van der Waals surface area contributed by atoms with E-state index in [0.717, 1.165) is 0 Å². The van der Waals surface area contributed by atoms with Crippen molar-refractivity contribution in [3.63, 3.8) is 0 Å². The molecule has 3 aromatic rings. The third-order valence-corrected chi connectivity index (χ3v) is 4.46. The first-order chi connectivity index (χ1) is 13.0. The molecule has 138 valence electrons. The molecule has 6 nitrogen and oxygen atoms in total. The zero-order valence-electron chi connectivity index (χ0n) is 14.4. The van der Waals surface area contributed by atoms with Crippen LogP contribution in [0.4, 0.5) is 8.78 Å². The number of amides is 1. The van der Waals surface area contributed by atoms with E-state index in [-0.39, 0.29) is 23.3 Å². The molecule has 0 saturated heterocycles. The smallest absolute Gasteiger partial charge is 0.273 e. The second-order valence-corrected chi connectivity index (χ2v) is 6.30. The molecule has 0 radical (unpaired) electrons. The van der Waals surface area contributed by atoms with Crippen LogP contribution < -0.4 is 10.1 Å². The number of benzene rings is 2. The lowest BCUT2D eigenvalue weighted by Gasteiger charge is -2.26. The zero-order valence-corrected chi connectivity index (χ0v) is 14.4. The number of nitrogens with one attached hydrogen (secondary N) is 1. The van der Waals surface area contributed by atoms with Gasteiger partial charge < -0.3 is 10.1 Å². The lowest BCUT2D eigenvalue weighted by atomic mass is 10.00. The number of carbonyl (C=O) groups excluding carboxylic acids is 1. The number of aromatic nitrogens is 3. The van der Waals surface area contributed by atoms with Crippen LogP contribution in [0.15, 0.2) is 42.6 Å². The molecule has 2 aromatic carbocycles. The maximum atomic E-state index is 13.9. The molecule has 2 heterocycles. The number of nitrogens with zero attached hydrogens (tertiary/aromatic N) is 3. The fraction of sp³-hybridized carbons (Fsp3) is 0.211. The number of rotatable bonds is 3. The van der Waals surface area contributed by atoms with Crippen LogP contribution in [0, 0.1) is 18.6 Å². The molecule has 1 aliphatic rings. The van der Waals surface area contributed by atoms with Gasteiger partial charge in [0.1, 0.15) is 5.82 Å². The Bertz CT molecular complexity index is 1020. The highest BCUT2D eigenvalue weighted by Crippen LogP contribution is 2.34. The van der Waals surface area contributed by atoms with E-state index in [9.17, 15) is 13.6 Å². The Kier molecular flexibility index (Phi) is 4.31. The molecule has 0 aliphatic carbocycles. The van der Waals surface area contributed by atoms with Crippen molar-refractivity contribution in [1.29, 1.82) is 0 Å². The maximum Gasteiger partial charge on any atom is 0.273 e. The van der Waals surface area contributed by atoms with Crippen molar-refractivity contribution in [2.24, 2.45) is 0 Å². The van der Waals surface area contributed by atoms with E-state index in [2.05, 4.69) is 15.6 Å². The van der Waals surface area contributed by atoms with Crippen molar-refractivity contribution in [2.75, 3.05) is 6.61 Å². The van der Waals surface area contributed by atoms with E-state index < -0.39 is 11.7 Å². The van der Waals surface area contributed by atoms with Crippen molar-refractivity contribution in [3.05, 3.63) is 71.1 Å². The molecule has 0 saturated carbocycles.